The Hall–Kier alpha value is -3.39. The highest BCUT2D eigenvalue weighted by molar-refractivity contribution is 6.30. The summed E-state index contributed by atoms with van der Waals surface area (Å²) in [6.45, 7) is 3.18. The Morgan fingerprint density at radius 1 is 1.15 bits per heavy atom. The Bertz CT molecular complexity index is 1230. The molecule has 8 nitrogen and oxygen atoms in total. The molecule has 0 bridgehead atoms. The van der Waals surface area contributed by atoms with Crippen molar-refractivity contribution in [3.63, 3.8) is 0 Å². The maximum absolute atomic E-state index is 12.9. The van der Waals surface area contributed by atoms with Crippen molar-refractivity contribution in [3.05, 3.63) is 64.0 Å². The molecule has 1 saturated heterocycles. The van der Waals surface area contributed by atoms with Crippen molar-refractivity contribution in [2.75, 3.05) is 29.9 Å². The van der Waals surface area contributed by atoms with E-state index in [0.29, 0.717) is 54.6 Å². The van der Waals surface area contributed by atoms with Gasteiger partial charge in [-0.1, -0.05) is 29.8 Å². The first-order valence-corrected chi connectivity index (χ1v) is 11.3. The summed E-state index contributed by atoms with van der Waals surface area (Å²) in [5.41, 5.74) is 0.678. The zero-order valence-electron chi connectivity index (χ0n) is 18.3. The molecule has 0 radical (unpaired) electrons. The lowest BCUT2D eigenvalue weighted by molar-refractivity contribution is -0.148. The predicted octanol–water partition coefficient (Wildman–Crippen LogP) is 3.47. The molecule has 3 aromatic rings. The third kappa shape index (κ3) is 5.17. The first kappa shape index (κ1) is 22.8. The van der Waals surface area contributed by atoms with Crippen LogP contribution in [0.15, 0.2) is 53.3 Å². The van der Waals surface area contributed by atoms with Gasteiger partial charge >= 0.3 is 11.7 Å². The van der Waals surface area contributed by atoms with Crippen LogP contribution < -0.4 is 15.9 Å². The lowest BCUT2D eigenvalue weighted by atomic mass is 9.97. The summed E-state index contributed by atoms with van der Waals surface area (Å²) >= 11 is 5.98. The van der Waals surface area contributed by atoms with Crippen LogP contribution in [0, 0.1) is 5.92 Å². The summed E-state index contributed by atoms with van der Waals surface area (Å²) in [6, 6.07) is 14.2. The van der Waals surface area contributed by atoms with Gasteiger partial charge in [0.05, 0.1) is 18.0 Å². The summed E-state index contributed by atoms with van der Waals surface area (Å²) in [6.07, 6.45) is 1.28. The van der Waals surface area contributed by atoms with Crippen LogP contribution in [0.2, 0.25) is 5.02 Å². The molecular formula is C24H25ClN4O4. The van der Waals surface area contributed by atoms with E-state index in [2.05, 4.69) is 10.3 Å². The van der Waals surface area contributed by atoms with Gasteiger partial charge < -0.3 is 15.0 Å². The van der Waals surface area contributed by atoms with Crippen LogP contribution in [-0.2, 0) is 20.9 Å². The molecule has 1 amide bonds. The second-order valence-electron chi connectivity index (χ2n) is 7.89. The van der Waals surface area contributed by atoms with Crippen LogP contribution in [0.25, 0.3) is 10.9 Å². The molecule has 1 aliphatic rings. The van der Waals surface area contributed by atoms with Gasteiger partial charge in [0.25, 0.3) is 0 Å². The zero-order valence-corrected chi connectivity index (χ0v) is 19.0. The van der Waals surface area contributed by atoms with Crippen LogP contribution in [0.5, 0.6) is 0 Å². The van der Waals surface area contributed by atoms with Crippen molar-refractivity contribution in [1.82, 2.24) is 9.55 Å². The van der Waals surface area contributed by atoms with E-state index in [1.807, 2.05) is 23.1 Å². The first-order chi connectivity index (χ1) is 16.0. The van der Waals surface area contributed by atoms with E-state index < -0.39 is 5.69 Å². The number of para-hydroxylation sites is 1. The Balaban J connectivity index is 1.57. The monoisotopic (exact) mass is 468 g/mol. The average molecular weight is 469 g/mol. The molecule has 0 atom stereocenters. The third-order valence-corrected chi connectivity index (χ3v) is 5.93. The number of halogens is 1. The number of benzene rings is 2. The number of nitrogens with one attached hydrogen (secondary N) is 1. The van der Waals surface area contributed by atoms with Crippen molar-refractivity contribution in [2.24, 2.45) is 5.92 Å². The zero-order chi connectivity index (χ0) is 23.4. The number of amides is 1. The number of ether oxygens (including phenoxy) is 1. The molecule has 0 aliphatic carbocycles. The highest BCUT2D eigenvalue weighted by atomic mass is 35.5. The second-order valence-corrected chi connectivity index (χ2v) is 8.33. The van der Waals surface area contributed by atoms with Crippen LogP contribution in [0.4, 0.5) is 11.5 Å². The quantitative estimate of drug-likeness (QED) is 0.557. The van der Waals surface area contributed by atoms with E-state index in [-0.39, 0.29) is 24.3 Å². The van der Waals surface area contributed by atoms with Crippen molar-refractivity contribution in [2.45, 2.75) is 26.3 Å². The fraction of sp³-hybridized carbons (Fsp3) is 0.333. The van der Waals surface area contributed by atoms with Gasteiger partial charge in [-0.15, -0.1) is 0 Å². The van der Waals surface area contributed by atoms with Crippen molar-refractivity contribution in [1.29, 1.82) is 0 Å². The molecule has 2 heterocycles. The Morgan fingerprint density at radius 3 is 2.64 bits per heavy atom. The van der Waals surface area contributed by atoms with Crippen LogP contribution >= 0.6 is 11.6 Å². The molecule has 9 heteroatoms. The highest BCUT2D eigenvalue weighted by Crippen LogP contribution is 2.28. The number of piperidine rings is 1. The topological polar surface area (TPSA) is 93.5 Å². The van der Waals surface area contributed by atoms with E-state index >= 15 is 0 Å². The Labute approximate surface area is 196 Å². The summed E-state index contributed by atoms with van der Waals surface area (Å²) < 4.78 is 6.51. The number of carbonyl (C=O) groups excluding carboxylic acids is 2. The molecule has 0 spiro atoms. The highest BCUT2D eigenvalue weighted by Gasteiger charge is 2.28. The van der Waals surface area contributed by atoms with Gasteiger partial charge in [-0.3, -0.25) is 14.2 Å². The third-order valence-electron chi connectivity index (χ3n) is 5.69. The van der Waals surface area contributed by atoms with Gasteiger partial charge in [-0.05, 0) is 50.1 Å². The lowest BCUT2D eigenvalue weighted by Gasteiger charge is -2.32. The summed E-state index contributed by atoms with van der Waals surface area (Å²) in [5.74, 6) is -0.0853. The minimum atomic E-state index is -0.502. The smallest absolute Gasteiger partial charge is 0.350 e. The largest absolute Gasteiger partial charge is 0.466 e. The summed E-state index contributed by atoms with van der Waals surface area (Å²) in [4.78, 5) is 44.0. The molecule has 172 valence electrons. The van der Waals surface area contributed by atoms with Gasteiger partial charge in [0.15, 0.2) is 0 Å². The molecule has 0 saturated carbocycles. The molecular weight excluding hydrogens is 444 g/mol. The minimum Gasteiger partial charge on any atom is -0.466 e. The standard InChI is InChI=1S/C24H25ClN4O4/c1-2-33-23(31)16-10-12-28(13-11-16)22-19-8-3-4-9-20(19)29(24(32)27-22)15-21(30)26-18-7-5-6-17(25)14-18/h3-9,14,16H,2,10-13,15H2,1H3,(H,26,30). The van der Waals surface area contributed by atoms with Crippen LogP contribution in [0.1, 0.15) is 19.8 Å². The molecule has 1 aliphatic heterocycles. The van der Waals surface area contributed by atoms with E-state index in [1.54, 1.807) is 37.3 Å². The van der Waals surface area contributed by atoms with Gasteiger partial charge in [-0.2, -0.15) is 4.98 Å². The molecule has 2 aromatic carbocycles. The summed E-state index contributed by atoms with van der Waals surface area (Å²) in [5, 5.41) is 4.05. The molecule has 1 aromatic heterocycles. The molecule has 1 N–H and O–H groups in total. The maximum atomic E-state index is 12.9. The van der Waals surface area contributed by atoms with Crippen molar-refractivity contribution < 1.29 is 14.3 Å². The van der Waals surface area contributed by atoms with E-state index in [9.17, 15) is 14.4 Å². The van der Waals surface area contributed by atoms with E-state index in [4.69, 9.17) is 16.3 Å². The maximum Gasteiger partial charge on any atom is 0.350 e. The van der Waals surface area contributed by atoms with E-state index in [1.165, 1.54) is 4.57 Å². The normalized spacial score (nSPS) is 14.3. The number of rotatable bonds is 6. The van der Waals surface area contributed by atoms with E-state index in [0.717, 1.165) is 5.39 Å². The number of fused-ring (bicyclic) bond motifs is 1. The lowest BCUT2D eigenvalue weighted by Crippen LogP contribution is -2.39. The predicted molar refractivity (Wildman–Crippen MR) is 128 cm³/mol. The Kier molecular flexibility index (Phi) is 6.93. The van der Waals surface area contributed by atoms with Gasteiger partial charge in [0, 0.05) is 29.2 Å². The number of esters is 1. The fourth-order valence-corrected chi connectivity index (χ4v) is 4.29. The number of carbonyl (C=O) groups is 2. The Morgan fingerprint density at radius 2 is 1.91 bits per heavy atom. The van der Waals surface area contributed by atoms with Crippen LogP contribution in [-0.4, -0.2) is 41.1 Å². The number of aromatic nitrogens is 2. The van der Waals surface area contributed by atoms with Crippen LogP contribution in [0.3, 0.4) is 0 Å². The summed E-state index contributed by atoms with van der Waals surface area (Å²) in [7, 11) is 0. The fourth-order valence-electron chi connectivity index (χ4n) is 4.10. The van der Waals surface area contributed by atoms with Gasteiger partial charge in [0.1, 0.15) is 12.4 Å². The van der Waals surface area contributed by atoms with Crippen molar-refractivity contribution >= 4 is 45.9 Å². The molecule has 1 fully saturated rings. The number of nitrogens with zero attached hydrogens (tertiary/aromatic N) is 3. The molecule has 33 heavy (non-hydrogen) atoms. The van der Waals surface area contributed by atoms with Gasteiger partial charge in [-0.25, -0.2) is 4.79 Å². The van der Waals surface area contributed by atoms with Crippen molar-refractivity contribution in [3.8, 4) is 0 Å². The molecule has 4 rings (SSSR count). The number of anilines is 2. The first-order valence-electron chi connectivity index (χ1n) is 10.9. The number of hydrogen-bond acceptors (Lipinski definition) is 6. The SMILES string of the molecule is CCOC(=O)C1CCN(c2nc(=O)n(CC(=O)Nc3cccc(Cl)c3)c3ccccc23)CC1. The van der Waals surface area contributed by atoms with Gasteiger partial charge in [0.2, 0.25) is 5.91 Å². The average Bonchev–Trinajstić information content (AvgIpc) is 2.81. The second kappa shape index (κ2) is 10.0. The molecule has 0 unspecified atom stereocenters. The number of hydrogen-bond donors (Lipinski definition) is 1. The minimum absolute atomic E-state index is 0.136.